The van der Waals surface area contributed by atoms with Crippen molar-refractivity contribution < 1.29 is 38.8 Å². The molecule has 8 atom stereocenters. The molecule has 8 heteroatoms. The number of aliphatic hydroxyl groups excluding tert-OH is 1. The lowest BCUT2D eigenvalue weighted by Gasteiger charge is -2.44. The molecule has 1 saturated carbocycles. The van der Waals surface area contributed by atoms with Gasteiger partial charge in [0.2, 0.25) is 0 Å². The SMILES string of the molecule is C=C1C(=O)OC2[C@@H](C)C3C=C[C@@H](O)[C@@]3(C)[C@@H](OC(=O)/C(C)=C\C)C1[C@@H]2OC(=O)CC(C)(C)O. The molecule has 0 amide bonds. The minimum absolute atomic E-state index is 0.0106. The number of ether oxygens (including phenoxy) is 3. The van der Waals surface area contributed by atoms with Gasteiger partial charge < -0.3 is 24.4 Å². The van der Waals surface area contributed by atoms with Gasteiger partial charge in [-0.2, -0.15) is 0 Å². The van der Waals surface area contributed by atoms with Crippen LogP contribution >= 0.6 is 0 Å². The lowest BCUT2D eigenvalue weighted by atomic mass is 9.66. The molecule has 2 N–H and O–H groups in total. The number of aliphatic hydroxyl groups is 2. The zero-order chi connectivity index (χ0) is 24.9. The van der Waals surface area contributed by atoms with Gasteiger partial charge in [-0.15, -0.1) is 0 Å². The quantitative estimate of drug-likeness (QED) is 0.276. The van der Waals surface area contributed by atoms with Gasteiger partial charge in [-0.1, -0.05) is 38.7 Å². The molecule has 3 unspecified atom stereocenters. The molecule has 0 aromatic carbocycles. The molecule has 3 aliphatic rings. The van der Waals surface area contributed by atoms with E-state index in [-0.39, 0.29) is 23.8 Å². The minimum Gasteiger partial charge on any atom is -0.457 e. The van der Waals surface area contributed by atoms with Crippen molar-refractivity contribution in [1.29, 1.82) is 0 Å². The molecule has 182 valence electrons. The van der Waals surface area contributed by atoms with E-state index in [1.807, 2.05) is 13.0 Å². The van der Waals surface area contributed by atoms with Crippen LogP contribution in [0.25, 0.3) is 0 Å². The lowest BCUT2D eigenvalue weighted by Crippen LogP contribution is -2.55. The van der Waals surface area contributed by atoms with Crippen LogP contribution in [0.1, 0.15) is 48.0 Å². The highest BCUT2D eigenvalue weighted by atomic mass is 16.6. The summed E-state index contributed by atoms with van der Waals surface area (Å²) >= 11 is 0. The van der Waals surface area contributed by atoms with Gasteiger partial charge in [0.1, 0.15) is 18.3 Å². The normalized spacial score (nSPS) is 38.3. The highest BCUT2D eigenvalue weighted by molar-refractivity contribution is 5.91. The molecule has 2 aliphatic carbocycles. The van der Waals surface area contributed by atoms with E-state index < -0.39 is 59.3 Å². The second-order valence-corrected chi connectivity index (χ2v) is 10.2. The number of hydrogen-bond acceptors (Lipinski definition) is 8. The second-order valence-electron chi connectivity index (χ2n) is 10.2. The lowest BCUT2D eigenvalue weighted by molar-refractivity contribution is -0.192. The van der Waals surface area contributed by atoms with E-state index in [0.29, 0.717) is 5.57 Å². The Labute approximate surface area is 194 Å². The first-order chi connectivity index (χ1) is 15.2. The Hall–Kier alpha value is -2.45. The number of fused-ring (bicyclic) bond motifs is 3. The van der Waals surface area contributed by atoms with Crippen molar-refractivity contribution in [1.82, 2.24) is 0 Å². The Morgan fingerprint density at radius 2 is 1.94 bits per heavy atom. The molecule has 1 aliphatic heterocycles. The van der Waals surface area contributed by atoms with Crippen LogP contribution in [-0.4, -0.2) is 58.1 Å². The second kappa shape index (κ2) is 8.72. The first-order valence-corrected chi connectivity index (χ1v) is 11.2. The van der Waals surface area contributed by atoms with Crippen molar-refractivity contribution in [3.8, 4) is 0 Å². The van der Waals surface area contributed by atoms with Crippen molar-refractivity contribution in [2.24, 2.45) is 23.2 Å². The number of carbonyl (C=O) groups excluding carboxylic acids is 3. The van der Waals surface area contributed by atoms with Gasteiger partial charge in [0, 0.05) is 22.5 Å². The zero-order valence-corrected chi connectivity index (χ0v) is 20.0. The Morgan fingerprint density at radius 1 is 1.30 bits per heavy atom. The van der Waals surface area contributed by atoms with Crippen LogP contribution in [0.5, 0.6) is 0 Å². The highest BCUT2D eigenvalue weighted by Gasteiger charge is 2.65. The molecule has 0 aromatic rings. The monoisotopic (exact) mass is 462 g/mol. The van der Waals surface area contributed by atoms with Gasteiger partial charge in [0.25, 0.3) is 0 Å². The fourth-order valence-corrected chi connectivity index (χ4v) is 5.31. The van der Waals surface area contributed by atoms with E-state index in [9.17, 15) is 24.6 Å². The standard InChI is InChI=1S/C25H34O8/c1-8-12(2)22(28)33-21-18-14(4)23(29)32-19(20(18)31-17(27)11-24(5,6)30)13(3)15-9-10-16(26)25(15,21)7/h8-10,13,15-16,18-21,26,30H,4,11H2,1-3,5-7H3/b12-8-/t13-,15?,16+,18?,19?,20-,21-,25-/m0/s1. The van der Waals surface area contributed by atoms with Gasteiger partial charge in [-0.05, 0) is 33.6 Å². The summed E-state index contributed by atoms with van der Waals surface area (Å²) in [6.07, 6.45) is 1.00. The Balaban J connectivity index is 2.13. The summed E-state index contributed by atoms with van der Waals surface area (Å²) in [5, 5.41) is 21.1. The number of carbonyl (C=O) groups is 3. The smallest absolute Gasteiger partial charge is 0.334 e. The van der Waals surface area contributed by atoms with E-state index in [2.05, 4.69) is 6.58 Å². The van der Waals surface area contributed by atoms with Crippen LogP contribution in [0.15, 0.2) is 36.0 Å². The maximum atomic E-state index is 12.9. The van der Waals surface area contributed by atoms with Gasteiger partial charge in [-0.25, -0.2) is 9.59 Å². The highest BCUT2D eigenvalue weighted by Crippen LogP contribution is 2.56. The van der Waals surface area contributed by atoms with Crippen molar-refractivity contribution in [3.63, 3.8) is 0 Å². The third-order valence-electron chi connectivity index (χ3n) is 7.30. The summed E-state index contributed by atoms with van der Waals surface area (Å²) in [6.45, 7) is 13.8. The Bertz CT molecular complexity index is 910. The molecule has 2 fully saturated rings. The predicted molar refractivity (Wildman–Crippen MR) is 119 cm³/mol. The van der Waals surface area contributed by atoms with E-state index in [1.165, 1.54) is 13.8 Å². The summed E-state index contributed by atoms with van der Waals surface area (Å²) in [7, 11) is 0. The number of allylic oxidation sites excluding steroid dienone is 2. The van der Waals surface area contributed by atoms with Crippen molar-refractivity contribution in [2.45, 2.75) is 78.0 Å². The predicted octanol–water partition coefficient (Wildman–Crippen LogP) is 2.24. The van der Waals surface area contributed by atoms with E-state index in [1.54, 1.807) is 32.9 Å². The molecular weight excluding hydrogens is 428 g/mol. The average Bonchev–Trinajstić information content (AvgIpc) is 2.99. The first kappa shape index (κ1) is 25.2. The molecule has 3 rings (SSSR count). The summed E-state index contributed by atoms with van der Waals surface area (Å²) in [5.41, 5.74) is -1.94. The summed E-state index contributed by atoms with van der Waals surface area (Å²) in [5.74, 6) is -3.56. The van der Waals surface area contributed by atoms with E-state index in [0.717, 1.165) is 0 Å². The molecule has 0 spiro atoms. The third kappa shape index (κ3) is 4.38. The molecule has 0 aromatic heterocycles. The first-order valence-electron chi connectivity index (χ1n) is 11.2. The van der Waals surface area contributed by atoms with Crippen molar-refractivity contribution in [2.75, 3.05) is 0 Å². The largest absolute Gasteiger partial charge is 0.457 e. The van der Waals surface area contributed by atoms with Gasteiger partial charge in [0.15, 0.2) is 0 Å². The third-order valence-corrected chi connectivity index (χ3v) is 7.30. The Morgan fingerprint density at radius 3 is 2.52 bits per heavy atom. The van der Waals surface area contributed by atoms with E-state index >= 15 is 0 Å². The zero-order valence-electron chi connectivity index (χ0n) is 20.0. The molecule has 8 nitrogen and oxygen atoms in total. The maximum Gasteiger partial charge on any atom is 0.334 e. The summed E-state index contributed by atoms with van der Waals surface area (Å²) < 4.78 is 17.4. The summed E-state index contributed by atoms with van der Waals surface area (Å²) in [4.78, 5) is 38.3. The molecule has 0 radical (unpaired) electrons. The van der Waals surface area contributed by atoms with Crippen LogP contribution in [0.3, 0.4) is 0 Å². The maximum absolute atomic E-state index is 12.9. The number of esters is 3. The van der Waals surface area contributed by atoms with Crippen LogP contribution < -0.4 is 0 Å². The van der Waals surface area contributed by atoms with Crippen LogP contribution in [0, 0.1) is 23.2 Å². The fourth-order valence-electron chi connectivity index (χ4n) is 5.31. The molecule has 33 heavy (non-hydrogen) atoms. The average molecular weight is 463 g/mol. The molecule has 1 heterocycles. The fraction of sp³-hybridized carbons (Fsp3) is 0.640. The van der Waals surface area contributed by atoms with Gasteiger partial charge in [0.05, 0.1) is 24.0 Å². The van der Waals surface area contributed by atoms with Crippen LogP contribution in [0.4, 0.5) is 0 Å². The summed E-state index contributed by atoms with van der Waals surface area (Å²) in [6, 6.07) is 0. The van der Waals surface area contributed by atoms with Gasteiger partial charge >= 0.3 is 17.9 Å². The van der Waals surface area contributed by atoms with Crippen LogP contribution in [0.2, 0.25) is 0 Å². The van der Waals surface area contributed by atoms with Crippen molar-refractivity contribution >= 4 is 17.9 Å². The topological polar surface area (TPSA) is 119 Å². The van der Waals surface area contributed by atoms with E-state index in [4.69, 9.17) is 14.2 Å². The number of hydrogen-bond donors (Lipinski definition) is 2. The Kier molecular flexibility index (Phi) is 6.65. The minimum atomic E-state index is -1.30. The number of rotatable bonds is 5. The molecule has 1 saturated heterocycles. The molecule has 2 bridgehead atoms. The van der Waals surface area contributed by atoms with Crippen molar-refractivity contribution in [3.05, 3.63) is 36.0 Å². The van der Waals surface area contributed by atoms with Gasteiger partial charge in [-0.3, -0.25) is 4.79 Å². The molecular formula is C25H34O8. The van der Waals surface area contributed by atoms with Crippen LogP contribution in [-0.2, 0) is 28.6 Å².